The summed E-state index contributed by atoms with van der Waals surface area (Å²) in [4.78, 5) is 30.0. The lowest BCUT2D eigenvalue weighted by atomic mass is 10.2. The smallest absolute Gasteiger partial charge is 0.267 e. The second-order valence-electron chi connectivity index (χ2n) is 5.62. The zero-order valence-electron chi connectivity index (χ0n) is 13.6. The van der Waals surface area contributed by atoms with E-state index >= 15 is 0 Å². The summed E-state index contributed by atoms with van der Waals surface area (Å²) in [7, 11) is 1.76. The summed E-state index contributed by atoms with van der Waals surface area (Å²) >= 11 is 3.20. The fourth-order valence-corrected chi connectivity index (χ4v) is 4.57. The van der Waals surface area contributed by atoms with E-state index in [0.29, 0.717) is 18.8 Å². The minimum atomic E-state index is -0.156. The first-order valence-corrected chi connectivity index (χ1v) is 9.66. The van der Waals surface area contributed by atoms with E-state index in [1.165, 1.54) is 0 Å². The number of carbonyl (C=O) groups excluding carboxylic acids is 2. The zero-order valence-corrected chi connectivity index (χ0v) is 15.2. The number of hydrogen-bond donors (Lipinski definition) is 2. The number of fused-ring (bicyclic) bond motifs is 1. The molecule has 7 heteroatoms. The van der Waals surface area contributed by atoms with Crippen LogP contribution in [0.4, 0.5) is 0 Å². The van der Waals surface area contributed by atoms with Crippen LogP contribution in [-0.4, -0.2) is 46.9 Å². The lowest BCUT2D eigenvalue weighted by Crippen LogP contribution is -2.36. The molecule has 126 valence electrons. The first kappa shape index (κ1) is 17.0. The van der Waals surface area contributed by atoms with Crippen molar-refractivity contribution in [2.24, 2.45) is 0 Å². The number of aromatic amines is 1. The van der Waals surface area contributed by atoms with Crippen molar-refractivity contribution in [2.75, 3.05) is 25.2 Å². The highest BCUT2D eigenvalue weighted by Crippen LogP contribution is 2.32. The van der Waals surface area contributed by atoms with Gasteiger partial charge in [0.25, 0.3) is 11.8 Å². The standard InChI is InChI=1S/C17H19N3O2S2/c1-11-4-3-5-12-8-13(19-15(11)12)16(21)18-6-7-20(2)17(22)14-9-23-10-24-14/h3-5,8-9,19H,6-7,10H2,1-2H3,(H,18,21). The van der Waals surface area contributed by atoms with Crippen LogP contribution in [0.1, 0.15) is 16.1 Å². The SMILES string of the molecule is Cc1cccc2cc(C(=O)NCCN(C)C(=O)C3=CSCS3)[nH]c12. The number of likely N-dealkylation sites (N-methyl/N-ethyl adjacent to an activating group) is 1. The van der Waals surface area contributed by atoms with Gasteiger partial charge >= 0.3 is 0 Å². The summed E-state index contributed by atoms with van der Waals surface area (Å²) in [5.74, 6) is -0.142. The minimum Gasteiger partial charge on any atom is -0.350 e. The van der Waals surface area contributed by atoms with Crippen LogP contribution in [0.5, 0.6) is 0 Å². The van der Waals surface area contributed by atoms with E-state index in [-0.39, 0.29) is 11.8 Å². The first-order valence-electron chi connectivity index (χ1n) is 7.63. The number of nitrogens with one attached hydrogen (secondary N) is 2. The summed E-state index contributed by atoms with van der Waals surface area (Å²) < 4.78 is 0. The van der Waals surface area contributed by atoms with Gasteiger partial charge in [-0.15, -0.1) is 23.5 Å². The molecule has 24 heavy (non-hydrogen) atoms. The van der Waals surface area contributed by atoms with Gasteiger partial charge in [0.1, 0.15) is 5.69 Å². The molecular formula is C17H19N3O2S2. The third-order valence-electron chi connectivity index (χ3n) is 3.87. The van der Waals surface area contributed by atoms with Crippen molar-refractivity contribution in [2.45, 2.75) is 6.92 Å². The molecule has 1 aromatic carbocycles. The molecule has 0 spiro atoms. The number of nitrogens with zero attached hydrogens (tertiary/aromatic N) is 1. The van der Waals surface area contributed by atoms with Crippen LogP contribution in [0.25, 0.3) is 10.9 Å². The second-order valence-corrected chi connectivity index (χ2v) is 7.86. The maximum Gasteiger partial charge on any atom is 0.267 e. The van der Waals surface area contributed by atoms with E-state index in [1.54, 1.807) is 35.5 Å². The molecule has 1 aliphatic rings. The monoisotopic (exact) mass is 361 g/mol. The van der Waals surface area contributed by atoms with Crippen LogP contribution in [0.2, 0.25) is 0 Å². The Kier molecular flexibility index (Phi) is 5.20. The van der Waals surface area contributed by atoms with Crippen LogP contribution in [0.3, 0.4) is 0 Å². The summed E-state index contributed by atoms with van der Waals surface area (Å²) in [6.45, 7) is 2.90. The van der Waals surface area contributed by atoms with E-state index < -0.39 is 0 Å². The largest absolute Gasteiger partial charge is 0.350 e. The Morgan fingerprint density at radius 2 is 2.21 bits per heavy atom. The number of hydrogen-bond acceptors (Lipinski definition) is 4. The molecule has 1 aromatic heterocycles. The second kappa shape index (κ2) is 7.36. The summed E-state index contributed by atoms with van der Waals surface area (Å²) in [6, 6.07) is 7.81. The van der Waals surface area contributed by atoms with Gasteiger partial charge in [-0.1, -0.05) is 18.2 Å². The van der Waals surface area contributed by atoms with E-state index in [4.69, 9.17) is 0 Å². The molecule has 0 bridgehead atoms. The van der Waals surface area contributed by atoms with Crippen molar-refractivity contribution in [3.05, 3.63) is 45.8 Å². The van der Waals surface area contributed by atoms with Crippen LogP contribution in [0.15, 0.2) is 34.6 Å². The highest BCUT2D eigenvalue weighted by molar-refractivity contribution is 8.22. The number of rotatable bonds is 5. The van der Waals surface area contributed by atoms with Crippen LogP contribution in [0, 0.1) is 6.92 Å². The minimum absolute atomic E-state index is 0.0143. The van der Waals surface area contributed by atoms with Gasteiger partial charge in [-0.05, 0) is 24.0 Å². The lowest BCUT2D eigenvalue weighted by molar-refractivity contribution is -0.125. The summed E-state index contributed by atoms with van der Waals surface area (Å²) in [6.07, 6.45) is 0. The van der Waals surface area contributed by atoms with Gasteiger partial charge in [0.2, 0.25) is 0 Å². The molecular weight excluding hydrogens is 342 g/mol. The van der Waals surface area contributed by atoms with E-state index in [1.807, 2.05) is 36.6 Å². The van der Waals surface area contributed by atoms with Gasteiger partial charge in [-0.2, -0.15) is 0 Å². The number of aryl methyl sites for hydroxylation is 1. The van der Waals surface area contributed by atoms with Crippen LogP contribution < -0.4 is 5.32 Å². The van der Waals surface area contributed by atoms with Crippen LogP contribution in [-0.2, 0) is 4.79 Å². The van der Waals surface area contributed by atoms with Crippen LogP contribution >= 0.6 is 23.5 Å². The van der Waals surface area contributed by atoms with Crippen molar-refractivity contribution in [3.8, 4) is 0 Å². The third kappa shape index (κ3) is 3.62. The van der Waals surface area contributed by atoms with Crippen molar-refractivity contribution in [3.63, 3.8) is 0 Å². The molecule has 2 N–H and O–H groups in total. The highest BCUT2D eigenvalue weighted by atomic mass is 32.2. The average molecular weight is 361 g/mol. The predicted octanol–water partition coefficient (Wildman–Crippen LogP) is 2.94. The predicted molar refractivity (Wildman–Crippen MR) is 101 cm³/mol. The van der Waals surface area contributed by atoms with Gasteiger partial charge in [-0.3, -0.25) is 9.59 Å². The molecule has 2 aromatic rings. The number of H-pyrrole nitrogens is 1. The Morgan fingerprint density at radius 1 is 1.38 bits per heavy atom. The Labute approximate surface area is 149 Å². The van der Waals surface area contributed by atoms with Gasteiger partial charge in [0, 0.05) is 36.1 Å². The molecule has 2 amide bonds. The maximum atomic E-state index is 12.3. The van der Waals surface area contributed by atoms with E-state index in [9.17, 15) is 9.59 Å². The van der Waals surface area contributed by atoms with Crippen molar-refractivity contribution >= 4 is 46.2 Å². The molecule has 1 aliphatic heterocycles. The molecule has 5 nitrogen and oxygen atoms in total. The third-order valence-corrected chi connectivity index (χ3v) is 6.04. The highest BCUT2D eigenvalue weighted by Gasteiger charge is 2.18. The normalized spacial score (nSPS) is 13.8. The molecule has 0 radical (unpaired) electrons. The topological polar surface area (TPSA) is 65.2 Å². The molecule has 0 atom stereocenters. The lowest BCUT2D eigenvalue weighted by Gasteiger charge is -2.17. The van der Waals surface area contributed by atoms with E-state index in [0.717, 1.165) is 26.5 Å². The van der Waals surface area contributed by atoms with Gasteiger partial charge in [0.05, 0.1) is 4.91 Å². The Morgan fingerprint density at radius 3 is 2.92 bits per heavy atom. The number of benzene rings is 1. The number of para-hydroxylation sites is 1. The van der Waals surface area contributed by atoms with E-state index in [2.05, 4.69) is 10.3 Å². The summed E-state index contributed by atoms with van der Waals surface area (Å²) in [5, 5.41) is 6.68. The molecule has 0 unspecified atom stereocenters. The number of thioether (sulfide) groups is 2. The van der Waals surface area contributed by atoms with Crippen molar-refractivity contribution in [1.82, 2.24) is 15.2 Å². The molecule has 3 rings (SSSR count). The van der Waals surface area contributed by atoms with Gasteiger partial charge < -0.3 is 15.2 Å². The number of carbonyl (C=O) groups is 2. The molecule has 0 aliphatic carbocycles. The first-order chi connectivity index (χ1) is 11.6. The fourth-order valence-electron chi connectivity index (χ4n) is 2.51. The van der Waals surface area contributed by atoms with Crippen molar-refractivity contribution in [1.29, 1.82) is 0 Å². The number of aromatic nitrogens is 1. The Bertz CT molecular complexity index is 813. The fraction of sp³-hybridized carbons (Fsp3) is 0.294. The zero-order chi connectivity index (χ0) is 17.1. The molecule has 0 saturated carbocycles. The molecule has 0 saturated heterocycles. The average Bonchev–Trinajstić information content (AvgIpc) is 3.24. The van der Waals surface area contributed by atoms with Crippen molar-refractivity contribution < 1.29 is 9.59 Å². The molecule has 2 heterocycles. The van der Waals surface area contributed by atoms with Gasteiger partial charge in [-0.25, -0.2) is 0 Å². The van der Waals surface area contributed by atoms with Gasteiger partial charge in [0.15, 0.2) is 0 Å². The maximum absolute atomic E-state index is 12.3. The summed E-state index contributed by atoms with van der Waals surface area (Å²) in [5.41, 5.74) is 2.63. The number of amides is 2. The Balaban J connectivity index is 1.55. The Hall–Kier alpha value is -1.86. The quantitative estimate of drug-likeness (QED) is 0.859. The molecule has 0 fully saturated rings.